The lowest BCUT2D eigenvalue weighted by Gasteiger charge is -2.11. The maximum atomic E-state index is 13.6. The van der Waals surface area contributed by atoms with E-state index >= 15 is 0 Å². The number of rotatable bonds is 7. The molecule has 0 radical (unpaired) electrons. The van der Waals surface area contributed by atoms with Crippen LogP contribution in [0.3, 0.4) is 0 Å². The van der Waals surface area contributed by atoms with Crippen LogP contribution in [-0.4, -0.2) is 29.2 Å². The number of nitrogens with one attached hydrogen (secondary N) is 2. The maximum Gasteiger partial charge on any atom is 0.226 e. The lowest BCUT2D eigenvalue weighted by Crippen LogP contribution is -2.37. The summed E-state index contributed by atoms with van der Waals surface area (Å²) in [5, 5.41) is 9.93. The zero-order valence-electron chi connectivity index (χ0n) is 14.2. The molecule has 0 amide bonds. The predicted octanol–water partition coefficient (Wildman–Crippen LogP) is 2.96. The van der Waals surface area contributed by atoms with Crippen LogP contribution >= 0.6 is 24.0 Å². The fraction of sp³-hybridized carbons (Fsp3) is 0.438. The predicted molar refractivity (Wildman–Crippen MR) is 102 cm³/mol. The maximum absolute atomic E-state index is 13.6. The second-order valence-corrected chi connectivity index (χ2v) is 5.20. The second kappa shape index (κ2) is 11.0. The largest absolute Gasteiger partial charge is 0.357 e. The average molecular weight is 465 g/mol. The molecule has 25 heavy (non-hydrogen) atoms. The van der Waals surface area contributed by atoms with Gasteiger partial charge in [-0.15, -0.1) is 24.0 Å². The Labute approximate surface area is 162 Å². The van der Waals surface area contributed by atoms with Gasteiger partial charge >= 0.3 is 0 Å². The zero-order chi connectivity index (χ0) is 17.4. The van der Waals surface area contributed by atoms with E-state index in [0.29, 0.717) is 37.2 Å². The van der Waals surface area contributed by atoms with Crippen LogP contribution in [0.25, 0.3) is 0 Å². The van der Waals surface area contributed by atoms with Gasteiger partial charge in [0.2, 0.25) is 5.89 Å². The Balaban J connectivity index is 0.00000312. The van der Waals surface area contributed by atoms with Crippen molar-refractivity contribution in [2.24, 2.45) is 4.99 Å². The molecule has 1 heterocycles. The fourth-order valence-corrected chi connectivity index (χ4v) is 2.06. The number of guanidine groups is 1. The van der Waals surface area contributed by atoms with Gasteiger partial charge in [-0.05, 0) is 38.5 Å². The molecule has 0 aliphatic carbocycles. The van der Waals surface area contributed by atoms with Gasteiger partial charge in [0.1, 0.15) is 11.6 Å². The molecular formula is C16H22F2IN5O. The van der Waals surface area contributed by atoms with E-state index in [-0.39, 0.29) is 36.1 Å². The van der Waals surface area contributed by atoms with Crippen molar-refractivity contribution < 1.29 is 13.3 Å². The Morgan fingerprint density at radius 3 is 2.76 bits per heavy atom. The second-order valence-electron chi connectivity index (χ2n) is 5.20. The SMILES string of the molecule is CCNC(=NCc1cc(F)ccc1F)NCCCc1nc(C)no1.I. The summed E-state index contributed by atoms with van der Waals surface area (Å²) in [4.78, 5) is 8.40. The summed E-state index contributed by atoms with van der Waals surface area (Å²) in [7, 11) is 0. The van der Waals surface area contributed by atoms with E-state index in [1.165, 1.54) is 0 Å². The third-order valence-electron chi connectivity index (χ3n) is 3.19. The highest BCUT2D eigenvalue weighted by Crippen LogP contribution is 2.10. The number of halogens is 3. The van der Waals surface area contributed by atoms with Gasteiger partial charge in [0, 0.05) is 25.1 Å². The number of hydrogen-bond donors (Lipinski definition) is 2. The number of nitrogens with zero attached hydrogens (tertiary/aromatic N) is 3. The molecule has 9 heteroatoms. The summed E-state index contributed by atoms with van der Waals surface area (Å²) in [6.07, 6.45) is 1.44. The molecule has 2 N–H and O–H groups in total. The van der Waals surface area contributed by atoms with Crippen molar-refractivity contribution in [3.8, 4) is 0 Å². The highest BCUT2D eigenvalue weighted by atomic mass is 127. The minimum absolute atomic E-state index is 0. The molecule has 2 rings (SSSR count). The summed E-state index contributed by atoms with van der Waals surface area (Å²) < 4.78 is 31.8. The van der Waals surface area contributed by atoms with Crippen molar-refractivity contribution in [2.45, 2.75) is 33.2 Å². The summed E-state index contributed by atoms with van der Waals surface area (Å²) in [5.41, 5.74) is 0.216. The minimum Gasteiger partial charge on any atom is -0.357 e. The van der Waals surface area contributed by atoms with Crippen LogP contribution in [0.4, 0.5) is 8.78 Å². The van der Waals surface area contributed by atoms with Gasteiger partial charge < -0.3 is 15.2 Å². The molecule has 0 saturated carbocycles. The number of hydrogen-bond acceptors (Lipinski definition) is 4. The molecule has 0 fully saturated rings. The van der Waals surface area contributed by atoms with Gasteiger partial charge in [0.25, 0.3) is 0 Å². The topological polar surface area (TPSA) is 75.3 Å². The van der Waals surface area contributed by atoms with Gasteiger partial charge in [-0.3, -0.25) is 0 Å². The molecule has 0 saturated heterocycles. The molecule has 138 valence electrons. The molecule has 0 aliphatic rings. The highest BCUT2D eigenvalue weighted by molar-refractivity contribution is 14.0. The molecule has 0 spiro atoms. The molecule has 2 aromatic rings. The number of benzene rings is 1. The van der Waals surface area contributed by atoms with E-state index in [1.54, 1.807) is 6.92 Å². The van der Waals surface area contributed by atoms with Gasteiger partial charge in [-0.25, -0.2) is 13.8 Å². The van der Waals surface area contributed by atoms with Gasteiger partial charge in [-0.2, -0.15) is 4.98 Å². The van der Waals surface area contributed by atoms with Crippen molar-refractivity contribution in [3.63, 3.8) is 0 Å². The molecule has 0 bridgehead atoms. The quantitative estimate of drug-likeness (QED) is 0.285. The van der Waals surface area contributed by atoms with Crippen molar-refractivity contribution in [1.29, 1.82) is 0 Å². The lowest BCUT2D eigenvalue weighted by molar-refractivity contribution is 0.372. The van der Waals surface area contributed by atoms with E-state index in [0.717, 1.165) is 24.6 Å². The Hall–Kier alpha value is -1.78. The molecular weight excluding hydrogens is 443 g/mol. The van der Waals surface area contributed by atoms with Crippen LogP contribution in [-0.2, 0) is 13.0 Å². The minimum atomic E-state index is -0.477. The van der Waals surface area contributed by atoms with Gasteiger partial charge in [0.15, 0.2) is 11.8 Å². The van der Waals surface area contributed by atoms with E-state index in [1.807, 2.05) is 6.92 Å². The number of aliphatic imine (C=N–C) groups is 1. The van der Waals surface area contributed by atoms with Crippen LogP contribution in [0.1, 0.15) is 30.6 Å². The normalized spacial score (nSPS) is 11.1. The van der Waals surface area contributed by atoms with Crippen molar-refractivity contribution in [1.82, 2.24) is 20.8 Å². The summed E-state index contributed by atoms with van der Waals surface area (Å²) in [5.74, 6) is 0.808. The van der Waals surface area contributed by atoms with Crippen molar-refractivity contribution >= 4 is 29.9 Å². The Bertz CT molecular complexity index is 693. The first-order valence-corrected chi connectivity index (χ1v) is 7.83. The van der Waals surface area contributed by atoms with Crippen LogP contribution in [0.2, 0.25) is 0 Å². The van der Waals surface area contributed by atoms with E-state index in [9.17, 15) is 8.78 Å². The summed E-state index contributed by atoms with van der Waals surface area (Å²) >= 11 is 0. The van der Waals surface area contributed by atoms with E-state index in [2.05, 4.69) is 25.8 Å². The van der Waals surface area contributed by atoms with Crippen molar-refractivity contribution in [3.05, 3.63) is 47.1 Å². The number of aromatic nitrogens is 2. The van der Waals surface area contributed by atoms with Crippen LogP contribution in [0, 0.1) is 18.6 Å². The van der Waals surface area contributed by atoms with E-state index in [4.69, 9.17) is 4.52 Å². The van der Waals surface area contributed by atoms with E-state index < -0.39 is 11.6 Å². The first-order chi connectivity index (χ1) is 11.6. The Morgan fingerprint density at radius 1 is 1.28 bits per heavy atom. The zero-order valence-corrected chi connectivity index (χ0v) is 16.5. The number of aryl methyl sites for hydroxylation is 2. The third kappa shape index (κ3) is 7.32. The monoisotopic (exact) mass is 465 g/mol. The van der Waals surface area contributed by atoms with Crippen LogP contribution in [0.15, 0.2) is 27.7 Å². The van der Waals surface area contributed by atoms with Crippen LogP contribution < -0.4 is 10.6 Å². The first-order valence-electron chi connectivity index (χ1n) is 7.83. The molecule has 6 nitrogen and oxygen atoms in total. The van der Waals surface area contributed by atoms with Gasteiger partial charge in [-0.1, -0.05) is 5.16 Å². The molecule has 1 aromatic heterocycles. The fourth-order valence-electron chi connectivity index (χ4n) is 2.06. The smallest absolute Gasteiger partial charge is 0.226 e. The average Bonchev–Trinajstić information content (AvgIpc) is 2.97. The summed E-state index contributed by atoms with van der Waals surface area (Å²) in [6, 6.07) is 3.35. The molecule has 1 aromatic carbocycles. The van der Waals surface area contributed by atoms with Gasteiger partial charge in [0.05, 0.1) is 6.54 Å². The Kier molecular flexibility index (Phi) is 9.32. The third-order valence-corrected chi connectivity index (χ3v) is 3.19. The standard InChI is InChI=1S/C16H21F2N5O.HI/c1-3-19-16(20-8-4-5-15-22-11(2)23-24-15)21-10-12-9-13(17)6-7-14(12)18;/h6-7,9H,3-5,8,10H2,1-2H3,(H2,19,20,21);1H. The van der Waals surface area contributed by atoms with Crippen molar-refractivity contribution in [2.75, 3.05) is 13.1 Å². The first kappa shape index (κ1) is 21.3. The summed E-state index contributed by atoms with van der Waals surface area (Å²) in [6.45, 7) is 5.06. The molecule has 0 unspecified atom stereocenters. The Morgan fingerprint density at radius 2 is 2.08 bits per heavy atom. The van der Waals surface area contributed by atoms with Crippen LogP contribution in [0.5, 0.6) is 0 Å². The highest BCUT2D eigenvalue weighted by Gasteiger charge is 2.05. The molecule has 0 aliphatic heterocycles. The molecule has 0 atom stereocenters. The lowest BCUT2D eigenvalue weighted by atomic mass is 10.2.